The standard InChI is InChI=1S/C9H14BrN3OS/c1-14-4-3-12-9(11)13-6-7-2-5-15-8(7)10/h2,5H,3-4,6H2,1H3,(H3,11,12,13). The van der Waals surface area contributed by atoms with Crippen LogP contribution in [0.25, 0.3) is 0 Å². The minimum atomic E-state index is 0.449. The third-order valence-electron chi connectivity index (χ3n) is 1.73. The molecule has 1 aromatic heterocycles. The zero-order chi connectivity index (χ0) is 11.1. The Bertz CT molecular complexity index is 327. The third-order valence-corrected chi connectivity index (χ3v) is 3.54. The topological polar surface area (TPSA) is 59.6 Å². The van der Waals surface area contributed by atoms with Crippen molar-refractivity contribution in [2.45, 2.75) is 6.54 Å². The Morgan fingerprint density at radius 3 is 3.13 bits per heavy atom. The lowest BCUT2D eigenvalue weighted by Crippen LogP contribution is -2.34. The van der Waals surface area contributed by atoms with Crippen molar-refractivity contribution in [2.75, 3.05) is 20.3 Å². The largest absolute Gasteiger partial charge is 0.383 e. The van der Waals surface area contributed by atoms with Gasteiger partial charge < -0.3 is 15.8 Å². The van der Waals surface area contributed by atoms with Crippen molar-refractivity contribution in [1.82, 2.24) is 5.32 Å². The molecule has 0 radical (unpaired) electrons. The number of thiophene rings is 1. The lowest BCUT2D eigenvalue weighted by Gasteiger charge is -2.03. The normalized spacial score (nSPS) is 11.7. The number of nitrogens with two attached hydrogens (primary N) is 1. The summed E-state index contributed by atoms with van der Waals surface area (Å²) in [6, 6.07) is 2.03. The molecular formula is C9H14BrN3OS. The first-order valence-corrected chi connectivity index (χ1v) is 6.16. The van der Waals surface area contributed by atoms with Gasteiger partial charge in [-0.2, -0.15) is 0 Å². The van der Waals surface area contributed by atoms with Gasteiger partial charge >= 0.3 is 0 Å². The van der Waals surface area contributed by atoms with Crippen molar-refractivity contribution in [3.8, 4) is 0 Å². The fourth-order valence-electron chi connectivity index (χ4n) is 0.939. The van der Waals surface area contributed by atoms with Crippen LogP contribution in [0.3, 0.4) is 0 Å². The average Bonchev–Trinajstić information content (AvgIpc) is 2.61. The van der Waals surface area contributed by atoms with Crippen LogP contribution >= 0.6 is 27.3 Å². The second-order valence-electron chi connectivity index (χ2n) is 2.84. The molecule has 0 atom stereocenters. The zero-order valence-electron chi connectivity index (χ0n) is 8.50. The molecule has 3 N–H and O–H groups in total. The molecule has 0 fully saturated rings. The van der Waals surface area contributed by atoms with Gasteiger partial charge in [-0.05, 0) is 32.9 Å². The molecule has 6 heteroatoms. The lowest BCUT2D eigenvalue weighted by molar-refractivity contribution is 0.204. The first kappa shape index (κ1) is 12.5. The smallest absolute Gasteiger partial charge is 0.188 e. The number of hydrogen-bond donors (Lipinski definition) is 2. The van der Waals surface area contributed by atoms with Crippen molar-refractivity contribution in [3.63, 3.8) is 0 Å². The molecule has 1 aromatic rings. The van der Waals surface area contributed by atoms with Crippen LogP contribution in [0.2, 0.25) is 0 Å². The Morgan fingerprint density at radius 1 is 1.73 bits per heavy atom. The minimum absolute atomic E-state index is 0.449. The van der Waals surface area contributed by atoms with Gasteiger partial charge in [0.15, 0.2) is 5.96 Å². The number of nitrogens with zero attached hydrogens (tertiary/aromatic N) is 1. The van der Waals surface area contributed by atoms with E-state index in [4.69, 9.17) is 10.5 Å². The Morgan fingerprint density at radius 2 is 2.53 bits per heavy atom. The second kappa shape index (κ2) is 6.81. The van der Waals surface area contributed by atoms with Crippen LogP contribution in [0.4, 0.5) is 0 Å². The summed E-state index contributed by atoms with van der Waals surface area (Å²) in [5.74, 6) is 0.449. The van der Waals surface area contributed by atoms with Crippen LogP contribution in [0.1, 0.15) is 5.56 Å². The van der Waals surface area contributed by atoms with E-state index in [0.29, 0.717) is 25.7 Å². The fourth-order valence-corrected chi connectivity index (χ4v) is 2.16. The molecule has 0 amide bonds. The van der Waals surface area contributed by atoms with E-state index in [9.17, 15) is 0 Å². The number of nitrogens with one attached hydrogen (secondary N) is 1. The summed E-state index contributed by atoms with van der Waals surface area (Å²) in [5.41, 5.74) is 6.80. The van der Waals surface area contributed by atoms with E-state index < -0.39 is 0 Å². The maximum Gasteiger partial charge on any atom is 0.188 e. The number of halogens is 1. The van der Waals surface area contributed by atoms with Crippen molar-refractivity contribution >= 4 is 33.2 Å². The number of ether oxygens (including phenoxy) is 1. The quantitative estimate of drug-likeness (QED) is 0.492. The van der Waals surface area contributed by atoms with Gasteiger partial charge in [0.25, 0.3) is 0 Å². The highest BCUT2D eigenvalue weighted by atomic mass is 79.9. The van der Waals surface area contributed by atoms with Crippen LogP contribution in [-0.2, 0) is 11.3 Å². The van der Waals surface area contributed by atoms with E-state index in [2.05, 4.69) is 26.2 Å². The molecule has 0 saturated carbocycles. The van der Waals surface area contributed by atoms with Crippen LogP contribution in [0.15, 0.2) is 20.2 Å². The molecule has 1 rings (SSSR count). The van der Waals surface area contributed by atoms with Crippen molar-refractivity contribution in [3.05, 3.63) is 20.8 Å². The average molecular weight is 292 g/mol. The summed E-state index contributed by atoms with van der Waals surface area (Å²) in [4.78, 5) is 4.20. The monoisotopic (exact) mass is 291 g/mol. The van der Waals surface area contributed by atoms with Gasteiger partial charge in [-0.15, -0.1) is 11.3 Å². The SMILES string of the molecule is COCCNC(N)=NCc1ccsc1Br. The predicted molar refractivity (Wildman–Crippen MR) is 67.2 cm³/mol. The lowest BCUT2D eigenvalue weighted by atomic mass is 10.3. The molecule has 0 bridgehead atoms. The summed E-state index contributed by atoms with van der Waals surface area (Å²) >= 11 is 5.09. The molecule has 0 aliphatic carbocycles. The Hall–Kier alpha value is -0.590. The van der Waals surface area contributed by atoms with E-state index in [1.807, 2.05) is 11.4 Å². The first-order valence-electron chi connectivity index (χ1n) is 4.48. The van der Waals surface area contributed by atoms with E-state index >= 15 is 0 Å². The third kappa shape index (κ3) is 4.63. The summed E-state index contributed by atoms with van der Waals surface area (Å²) in [7, 11) is 1.65. The van der Waals surface area contributed by atoms with Gasteiger partial charge in [0, 0.05) is 13.7 Å². The predicted octanol–water partition coefficient (Wildman–Crippen LogP) is 1.56. The van der Waals surface area contributed by atoms with E-state index in [-0.39, 0.29) is 0 Å². The number of methoxy groups -OCH3 is 1. The summed E-state index contributed by atoms with van der Waals surface area (Å²) < 4.78 is 5.99. The van der Waals surface area contributed by atoms with Gasteiger partial charge in [0.05, 0.1) is 16.9 Å². The highest BCUT2D eigenvalue weighted by Crippen LogP contribution is 2.23. The van der Waals surface area contributed by atoms with Gasteiger partial charge in [-0.25, -0.2) is 4.99 Å². The van der Waals surface area contributed by atoms with Crippen LogP contribution in [-0.4, -0.2) is 26.2 Å². The number of rotatable bonds is 5. The Labute approximate surface area is 102 Å². The molecule has 0 spiro atoms. The molecule has 0 aromatic carbocycles. The van der Waals surface area contributed by atoms with Crippen molar-refractivity contribution in [1.29, 1.82) is 0 Å². The first-order chi connectivity index (χ1) is 7.24. The van der Waals surface area contributed by atoms with Crippen molar-refractivity contribution < 1.29 is 4.74 Å². The van der Waals surface area contributed by atoms with Gasteiger partial charge in [-0.1, -0.05) is 0 Å². The van der Waals surface area contributed by atoms with Gasteiger partial charge in [-0.3, -0.25) is 0 Å². The molecule has 84 valence electrons. The van der Waals surface area contributed by atoms with Gasteiger partial charge in [0.2, 0.25) is 0 Å². The molecule has 15 heavy (non-hydrogen) atoms. The van der Waals surface area contributed by atoms with Crippen molar-refractivity contribution in [2.24, 2.45) is 10.7 Å². The fraction of sp³-hybridized carbons (Fsp3) is 0.444. The molecular weight excluding hydrogens is 278 g/mol. The maximum absolute atomic E-state index is 5.65. The number of guanidine groups is 1. The molecule has 0 unspecified atom stereocenters. The number of aliphatic imine (C=N–C) groups is 1. The highest BCUT2D eigenvalue weighted by molar-refractivity contribution is 9.11. The summed E-state index contributed by atoms with van der Waals surface area (Å²) in [5, 5.41) is 4.97. The molecule has 0 aliphatic heterocycles. The van der Waals surface area contributed by atoms with Gasteiger partial charge in [0.1, 0.15) is 0 Å². The Kier molecular flexibility index (Phi) is 5.67. The summed E-state index contributed by atoms with van der Waals surface area (Å²) in [6.07, 6.45) is 0. The van der Waals surface area contributed by atoms with Crippen LogP contribution < -0.4 is 11.1 Å². The molecule has 1 heterocycles. The number of hydrogen-bond acceptors (Lipinski definition) is 3. The van der Waals surface area contributed by atoms with E-state index in [1.54, 1.807) is 18.4 Å². The highest BCUT2D eigenvalue weighted by Gasteiger charge is 1.99. The Balaban J connectivity index is 2.34. The second-order valence-corrected chi connectivity index (χ2v) is 5.07. The zero-order valence-corrected chi connectivity index (χ0v) is 10.9. The maximum atomic E-state index is 5.65. The molecule has 0 saturated heterocycles. The van der Waals surface area contributed by atoms with Crippen LogP contribution in [0.5, 0.6) is 0 Å². The summed E-state index contributed by atoms with van der Waals surface area (Å²) in [6.45, 7) is 1.89. The van der Waals surface area contributed by atoms with Crippen LogP contribution in [0, 0.1) is 0 Å². The van der Waals surface area contributed by atoms with E-state index in [1.165, 1.54) is 0 Å². The van der Waals surface area contributed by atoms with E-state index in [0.717, 1.165) is 9.35 Å². The molecule has 4 nitrogen and oxygen atoms in total. The minimum Gasteiger partial charge on any atom is -0.383 e. The molecule has 0 aliphatic rings.